The minimum atomic E-state index is -0.773. The van der Waals surface area contributed by atoms with Crippen molar-refractivity contribution in [1.29, 1.82) is 0 Å². The standard InChI is InChI=1S/C9H16FNO2/c1-13-8-3-9(6-12)2-7(10)4-11(9)5-8/h7-8,12H,2-6H2,1H3. The van der Waals surface area contributed by atoms with Gasteiger partial charge in [0.2, 0.25) is 0 Å². The smallest absolute Gasteiger partial charge is 0.115 e. The van der Waals surface area contributed by atoms with Crippen molar-refractivity contribution >= 4 is 0 Å². The van der Waals surface area contributed by atoms with Crippen LogP contribution in [0.2, 0.25) is 0 Å². The fourth-order valence-electron chi connectivity index (χ4n) is 2.64. The van der Waals surface area contributed by atoms with Gasteiger partial charge in [-0.3, -0.25) is 4.90 Å². The number of hydrogen-bond acceptors (Lipinski definition) is 3. The highest BCUT2D eigenvalue weighted by molar-refractivity contribution is 5.06. The number of fused-ring (bicyclic) bond motifs is 1. The van der Waals surface area contributed by atoms with Crippen LogP contribution in [0.4, 0.5) is 4.39 Å². The first-order valence-corrected chi connectivity index (χ1v) is 4.73. The highest BCUT2D eigenvalue weighted by Crippen LogP contribution is 2.40. The number of hydrogen-bond donors (Lipinski definition) is 1. The molecular weight excluding hydrogens is 173 g/mol. The average Bonchev–Trinajstić information content (AvgIpc) is 2.57. The van der Waals surface area contributed by atoms with Crippen LogP contribution in [-0.2, 0) is 4.74 Å². The van der Waals surface area contributed by atoms with Crippen molar-refractivity contribution in [1.82, 2.24) is 4.90 Å². The quantitative estimate of drug-likeness (QED) is 0.672. The van der Waals surface area contributed by atoms with E-state index in [-0.39, 0.29) is 18.2 Å². The molecule has 0 spiro atoms. The third kappa shape index (κ3) is 1.37. The molecule has 0 aromatic carbocycles. The third-order valence-corrected chi connectivity index (χ3v) is 3.35. The summed E-state index contributed by atoms with van der Waals surface area (Å²) in [5.41, 5.74) is -0.319. The lowest BCUT2D eigenvalue weighted by Gasteiger charge is -2.28. The SMILES string of the molecule is COC1CN2CC(F)CC2(CO)C1. The Bertz CT molecular complexity index is 202. The van der Waals surface area contributed by atoms with Crippen molar-refractivity contribution in [2.75, 3.05) is 26.8 Å². The maximum Gasteiger partial charge on any atom is 0.115 e. The Morgan fingerprint density at radius 1 is 1.54 bits per heavy atom. The molecule has 0 aliphatic carbocycles. The van der Waals surface area contributed by atoms with E-state index in [9.17, 15) is 9.50 Å². The zero-order valence-electron chi connectivity index (χ0n) is 7.87. The highest BCUT2D eigenvalue weighted by atomic mass is 19.1. The molecule has 2 saturated heterocycles. The van der Waals surface area contributed by atoms with Crippen LogP contribution < -0.4 is 0 Å². The second kappa shape index (κ2) is 3.19. The first kappa shape index (κ1) is 9.37. The molecule has 13 heavy (non-hydrogen) atoms. The Morgan fingerprint density at radius 2 is 2.31 bits per heavy atom. The number of ether oxygens (including phenoxy) is 1. The van der Waals surface area contributed by atoms with Crippen molar-refractivity contribution in [3.63, 3.8) is 0 Å². The van der Waals surface area contributed by atoms with Gasteiger partial charge in [-0.2, -0.15) is 0 Å². The van der Waals surface area contributed by atoms with Gasteiger partial charge in [-0.15, -0.1) is 0 Å². The summed E-state index contributed by atoms with van der Waals surface area (Å²) >= 11 is 0. The largest absolute Gasteiger partial charge is 0.394 e. The molecule has 0 bridgehead atoms. The van der Waals surface area contributed by atoms with E-state index in [0.29, 0.717) is 13.0 Å². The maximum atomic E-state index is 13.1. The second-order valence-electron chi connectivity index (χ2n) is 4.15. The summed E-state index contributed by atoms with van der Waals surface area (Å²) in [6, 6.07) is 0. The number of halogens is 1. The van der Waals surface area contributed by atoms with E-state index in [1.807, 2.05) is 4.90 Å². The van der Waals surface area contributed by atoms with Gasteiger partial charge in [0.15, 0.2) is 0 Å². The van der Waals surface area contributed by atoms with E-state index in [0.717, 1.165) is 13.0 Å². The summed E-state index contributed by atoms with van der Waals surface area (Å²) in [4.78, 5) is 2.03. The molecule has 2 rings (SSSR count). The molecule has 2 heterocycles. The van der Waals surface area contributed by atoms with E-state index >= 15 is 0 Å². The van der Waals surface area contributed by atoms with E-state index in [2.05, 4.69) is 0 Å². The first-order valence-electron chi connectivity index (χ1n) is 4.73. The molecule has 3 unspecified atom stereocenters. The van der Waals surface area contributed by atoms with Crippen LogP contribution in [0.3, 0.4) is 0 Å². The number of nitrogens with zero attached hydrogens (tertiary/aromatic N) is 1. The van der Waals surface area contributed by atoms with Crippen LogP contribution in [0.5, 0.6) is 0 Å². The molecule has 1 N–H and O–H groups in total. The molecule has 76 valence electrons. The third-order valence-electron chi connectivity index (χ3n) is 3.35. The van der Waals surface area contributed by atoms with Gasteiger partial charge in [-0.25, -0.2) is 4.39 Å². The number of methoxy groups -OCH3 is 1. The second-order valence-corrected chi connectivity index (χ2v) is 4.15. The summed E-state index contributed by atoms with van der Waals surface area (Å²) in [6.07, 6.45) is 0.619. The number of alkyl halides is 1. The van der Waals surface area contributed by atoms with Crippen molar-refractivity contribution < 1.29 is 14.2 Å². The lowest BCUT2D eigenvalue weighted by atomic mass is 9.94. The van der Waals surface area contributed by atoms with Crippen LogP contribution in [0, 0.1) is 0 Å². The lowest BCUT2D eigenvalue weighted by molar-refractivity contribution is 0.0923. The van der Waals surface area contributed by atoms with E-state index < -0.39 is 6.17 Å². The first-order chi connectivity index (χ1) is 6.20. The molecule has 0 saturated carbocycles. The number of aliphatic hydroxyl groups excluding tert-OH is 1. The van der Waals surface area contributed by atoms with Crippen LogP contribution in [-0.4, -0.2) is 54.6 Å². The molecule has 0 aromatic rings. The van der Waals surface area contributed by atoms with Crippen molar-refractivity contribution in [2.24, 2.45) is 0 Å². The number of aliphatic hydroxyl groups is 1. The summed E-state index contributed by atoms with van der Waals surface area (Å²) in [5, 5.41) is 9.29. The molecule has 3 nitrogen and oxygen atoms in total. The predicted molar refractivity (Wildman–Crippen MR) is 46.3 cm³/mol. The van der Waals surface area contributed by atoms with E-state index in [1.165, 1.54) is 0 Å². The Labute approximate surface area is 77.5 Å². The van der Waals surface area contributed by atoms with E-state index in [4.69, 9.17) is 4.74 Å². The summed E-state index contributed by atoms with van der Waals surface area (Å²) in [5.74, 6) is 0. The van der Waals surface area contributed by atoms with Crippen molar-refractivity contribution in [3.8, 4) is 0 Å². The molecular formula is C9H16FNO2. The molecule has 2 aliphatic heterocycles. The molecule has 3 atom stereocenters. The van der Waals surface area contributed by atoms with Crippen LogP contribution >= 0.6 is 0 Å². The van der Waals surface area contributed by atoms with E-state index in [1.54, 1.807) is 7.11 Å². The normalized spacial score (nSPS) is 45.5. The minimum Gasteiger partial charge on any atom is -0.394 e. The van der Waals surface area contributed by atoms with Gasteiger partial charge in [0.1, 0.15) is 6.17 Å². The van der Waals surface area contributed by atoms with Crippen molar-refractivity contribution in [2.45, 2.75) is 30.7 Å². The molecule has 4 heteroatoms. The topological polar surface area (TPSA) is 32.7 Å². The molecule has 2 fully saturated rings. The van der Waals surface area contributed by atoms with Crippen LogP contribution in [0.25, 0.3) is 0 Å². The molecule has 0 radical (unpaired) electrons. The molecule has 0 aromatic heterocycles. The zero-order valence-corrected chi connectivity index (χ0v) is 7.87. The molecule has 2 aliphatic rings. The monoisotopic (exact) mass is 189 g/mol. The van der Waals surface area contributed by atoms with Crippen molar-refractivity contribution in [3.05, 3.63) is 0 Å². The summed E-state index contributed by atoms with van der Waals surface area (Å²) < 4.78 is 18.3. The minimum absolute atomic E-state index is 0.0489. The molecule has 0 amide bonds. The van der Waals surface area contributed by atoms with Gasteiger partial charge in [0.25, 0.3) is 0 Å². The van der Waals surface area contributed by atoms with Gasteiger partial charge in [-0.1, -0.05) is 0 Å². The number of rotatable bonds is 2. The zero-order chi connectivity index (χ0) is 9.47. The maximum absolute atomic E-state index is 13.1. The Balaban J connectivity index is 2.10. The Morgan fingerprint density at radius 3 is 2.85 bits per heavy atom. The highest BCUT2D eigenvalue weighted by Gasteiger charge is 2.51. The lowest BCUT2D eigenvalue weighted by Crippen LogP contribution is -2.41. The summed E-state index contributed by atoms with van der Waals surface area (Å²) in [7, 11) is 1.67. The van der Waals surface area contributed by atoms with Gasteiger partial charge in [-0.05, 0) is 6.42 Å². The van der Waals surface area contributed by atoms with Gasteiger partial charge in [0.05, 0.1) is 12.7 Å². The van der Waals surface area contributed by atoms with Gasteiger partial charge < -0.3 is 9.84 Å². The van der Waals surface area contributed by atoms with Gasteiger partial charge >= 0.3 is 0 Å². The van der Waals surface area contributed by atoms with Crippen LogP contribution in [0.15, 0.2) is 0 Å². The van der Waals surface area contributed by atoms with Crippen LogP contribution in [0.1, 0.15) is 12.8 Å². The summed E-state index contributed by atoms with van der Waals surface area (Å²) in [6.45, 7) is 1.27. The van der Waals surface area contributed by atoms with Gasteiger partial charge in [0, 0.05) is 32.2 Å². The fourth-order valence-corrected chi connectivity index (χ4v) is 2.64. The Kier molecular flexibility index (Phi) is 2.30. The Hall–Kier alpha value is -0.190. The average molecular weight is 189 g/mol. The fraction of sp³-hybridized carbons (Fsp3) is 1.00. The predicted octanol–water partition coefficient (Wildman–Crippen LogP) is 0.180.